The molecule has 5 nitrogen and oxygen atoms in total. The highest BCUT2D eigenvalue weighted by molar-refractivity contribution is 5.80. The first-order valence-electron chi connectivity index (χ1n) is 10.4. The highest BCUT2D eigenvalue weighted by atomic mass is 19.1. The monoisotopic (exact) mass is 410 g/mol. The lowest BCUT2D eigenvalue weighted by Crippen LogP contribution is -2.43. The van der Waals surface area contributed by atoms with Crippen LogP contribution in [0.1, 0.15) is 43.4 Å². The Morgan fingerprint density at radius 1 is 1.10 bits per heavy atom. The molecule has 2 aromatic rings. The molecule has 0 aromatic heterocycles. The summed E-state index contributed by atoms with van der Waals surface area (Å²) in [5.41, 5.74) is 3.17. The average Bonchev–Trinajstić information content (AvgIpc) is 3.17. The van der Waals surface area contributed by atoms with Crippen LogP contribution in [0.2, 0.25) is 0 Å². The van der Waals surface area contributed by atoms with Crippen molar-refractivity contribution >= 4 is 11.9 Å². The summed E-state index contributed by atoms with van der Waals surface area (Å²) >= 11 is 0. The van der Waals surface area contributed by atoms with Crippen LogP contribution in [0.25, 0.3) is 0 Å². The molecule has 2 N–H and O–H groups in total. The third-order valence-electron chi connectivity index (χ3n) is 5.58. The highest BCUT2D eigenvalue weighted by Crippen LogP contribution is 2.23. The Morgan fingerprint density at radius 3 is 2.43 bits per heavy atom. The normalized spacial score (nSPS) is 13.9. The van der Waals surface area contributed by atoms with Gasteiger partial charge < -0.3 is 15.5 Å². The van der Waals surface area contributed by atoms with Crippen molar-refractivity contribution in [2.75, 3.05) is 20.1 Å². The van der Waals surface area contributed by atoms with Crippen LogP contribution in [0.5, 0.6) is 0 Å². The van der Waals surface area contributed by atoms with Gasteiger partial charge in [0.15, 0.2) is 5.96 Å². The molecule has 0 atom stereocenters. The molecule has 0 saturated heterocycles. The lowest BCUT2D eigenvalue weighted by Gasteiger charge is -2.27. The Hall–Kier alpha value is -2.89. The van der Waals surface area contributed by atoms with E-state index >= 15 is 0 Å². The van der Waals surface area contributed by atoms with Crippen molar-refractivity contribution in [3.63, 3.8) is 0 Å². The van der Waals surface area contributed by atoms with Crippen molar-refractivity contribution < 1.29 is 9.18 Å². The summed E-state index contributed by atoms with van der Waals surface area (Å²) in [5.74, 6) is 0.637. The summed E-state index contributed by atoms with van der Waals surface area (Å²) in [7, 11) is 1.72. The Morgan fingerprint density at radius 2 is 1.80 bits per heavy atom. The molecule has 3 rings (SSSR count). The number of carbonyl (C=O) groups is 1. The number of guanidine groups is 1. The molecule has 0 saturated carbocycles. The molecule has 0 bridgehead atoms. The lowest BCUT2D eigenvalue weighted by molar-refractivity contribution is -0.131. The van der Waals surface area contributed by atoms with Gasteiger partial charge in [-0.2, -0.15) is 0 Å². The Bertz CT molecular complexity index is 885. The van der Waals surface area contributed by atoms with Gasteiger partial charge in [0.25, 0.3) is 0 Å². The van der Waals surface area contributed by atoms with E-state index in [1.807, 2.05) is 23.1 Å². The Balaban J connectivity index is 1.39. The van der Waals surface area contributed by atoms with Gasteiger partial charge in [0.1, 0.15) is 5.82 Å². The van der Waals surface area contributed by atoms with E-state index in [0.717, 1.165) is 12.0 Å². The molecular weight excluding hydrogens is 379 g/mol. The maximum atomic E-state index is 13.5. The minimum absolute atomic E-state index is 0.184. The van der Waals surface area contributed by atoms with Gasteiger partial charge >= 0.3 is 0 Å². The summed E-state index contributed by atoms with van der Waals surface area (Å²) in [6, 6.07) is 14.9. The van der Waals surface area contributed by atoms with Gasteiger partial charge in [-0.1, -0.05) is 50.2 Å². The molecular formula is C24H31FN4O. The van der Waals surface area contributed by atoms with E-state index in [1.165, 1.54) is 17.2 Å². The summed E-state index contributed by atoms with van der Waals surface area (Å²) in [4.78, 5) is 18.7. The predicted molar refractivity (Wildman–Crippen MR) is 119 cm³/mol. The van der Waals surface area contributed by atoms with Crippen LogP contribution in [0.15, 0.2) is 53.5 Å². The molecule has 0 spiro atoms. The summed E-state index contributed by atoms with van der Waals surface area (Å²) in [6.07, 6.45) is 1.24. The first-order valence-corrected chi connectivity index (χ1v) is 10.4. The topological polar surface area (TPSA) is 56.7 Å². The van der Waals surface area contributed by atoms with Crippen LogP contribution in [0.4, 0.5) is 4.39 Å². The highest BCUT2D eigenvalue weighted by Gasteiger charge is 2.23. The third kappa shape index (κ3) is 5.59. The Kier molecular flexibility index (Phi) is 7.08. The fourth-order valence-electron chi connectivity index (χ4n) is 3.65. The van der Waals surface area contributed by atoms with Crippen molar-refractivity contribution in [3.05, 3.63) is 71.0 Å². The molecule has 160 valence electrons. The van der Waals surface area contributed by atoms with E-state index in [1.54, 1.807) is 19.2 Å². The number of rotatable bonds is 7. The number of hydrogen-bond donors (Lipinski definition) is 2. The predicted octanol–water partition coefficient (Wildman–Crippen LogP) is 3.59. The number of aliphatic imine (C=N–C) groups is 1. The minimum Gasteiger partial charge on any atom is -0.356 e. The summed E-state index contributed by atoms with van der Waals surface area (Å²) in [6.45, 7) is 6.82. The molecule has 0 unspecified atom stereocenters. The number of halogens is 1. The second-order valence-corrected chi connectivity index (χ2v) is 8.37. The second kappa shape index (κ2) is 9.74. The van der Waals surface area contributed by atoms with Crippen LogP contribution in [0, 0.1) is 5.82 Å². The van der Waals surface area contributed by atoms with Crippen LogP contribution >= 0.6 is 0 Å². The van der Waals surface area contributed by atoms with E-state index in [0.29, 0.717) is 38.6 Å². The molecule has 1 amide bonds. The van der Waals surface area contributed by atoms with Gasteiger partial charge in [0.2, 0.25) is 5.91 Å². The van der Waals surface area contributed by atoms with Crippen LogP contribution in [0.3, 0.4) is 0 Å². The largest absolute Gasteiger partial charge is 0.356 e. The standard InChI is InChI=1S/C24H31FN4O/c1-24(2,20-10-6-11-21(25)14-20)17-28-23(26-3)27-13-7-12-22(30)29-15-18-8-4-5-9-19(18)16-29/h4-6,8-11,14H,7,12-13,15-17H2,1-3H3,(H2,26,27,28). The smallest absolute Gasteiger partial charge is 0.223 e. The fourth-order valence-corrected chi connectivity index (χ4v) is 3.65. The van der Waals surface area contributed by atoms with Gasteiger partial charge in [-0.3, -0.25) is 9.79 Å². The van der Waals surface area contributed by atoms with E-state index in [4.69, 9.17) is 0 Å². The molecule has 1 aliphatic rings. The van der Waals surface area contributed by atoms with Crippen molar-refractivity contribution in [3.8, 4) is 0 Å². The zero-order chi connectivity index (χ0) is 21.6. The zero-order valence-corrected chi connectivity index (χ0v) is 18.0. The number of carbonyl (C=O) groups excluding carboxylic acids is 1. The first-order chi connectivity index (χ1) is 14.4. The van der Waals surface area contributed by atoms with Crippen molar-refractivity contribution in [2.45, 2.75) is 45.2 Å². The molecule has 30 heavy (non-hydrogen) atoms. The van der Waals surface area contributed by atoms with E-state index in [2.05, 4.69) is 41.6 Å². The summed E-state index contributed by atoms with van der Waals surface area (Å²) in [5, 5.41) is 6.57. The summed E-state index contributed by atoms with van der Waals surface area (Å²) < 4.78 is 13.5. The van der Waals surface area contributed by atoms with E-state index < -0.39 is 0 Å². The second-order valence-electron chi connectivity index (χ2n) is 8.37. The average molecular weight is 411 g/mol. The number of benzene rings is 2. The fraction of sp³-hybridized carbons (Fsp3) is 0.417. The zero-order valence-electron chi connectivity index (χ0n) is 18.0. The molecule has 6 heteroatoms. The van der Waals surface area contributed by atoms with Crippen LogP contribution in [-0.4, -0.2) is 36.9 Å². The molecule has 0 fully saturated rings. The van der Waals surface area contributed by atoms with Crippen molar-refractivity contribution in [2.24, 2.45) is 4.99 Å². The lowest BCUT2D eigenvalue weighted by atomic mass is 9.84. The van der Waals surface area contributed by atoms with Gasteiger partial charge in [0, 0.05) is 45.1 Å². The van der Waals surface area contributed by atoms with E-state index in [9.17, 15) is 9.18 Å². The number of hydrogen-bond acceptors (Lipinski definition) is 2. The number of amides is 1. The Labute approximate surface area is 178 Å². The first kappa shape index (κ1) is 21.8. The van der Waals surface area contributed by atoms with Gasteiger partial charge in [0.05, 0.1) is 0 Å². The van der Waals surface area contributed by atoms with Gasteiger partial charge in [-0.05, 0) is 35.2 Å². The van der Waals surface area contributed by atoms with Crippen molar-refractivity contribution in [1.29, 1.82) is 0 Å². The molecule has 2 aromatic carbocycles. The quantitative estimate of drug-likeness (QED) is 0.417. The van der Waals surface area contributed by atoms with E-state index in [-0.39, 0.29) is 17.1 Å². The van der Waals surface area contributed by atoms with Crippen molar-refractivity contribution in [1.82, 2.24) is 15.5 Å². The maximum absolute atomic E-state index is 13.5. The number of fused-ring (bicyclic) bond motifs is 1. The molecule has 0 radical (unpaired) electrons. The molecule has 0 aliphatic carbocycles. The number of nitrogens with one attached hydrogen (secondary N) is 2. The minimum atomic E-state index is -0.250. The van der Waals surface area contributed by atoms with Gasteiger partial charge in [-0.25, -0.2) is 4.39 Å². The third-order valence-corrected chi connectivity index (χ3v) is 5.58. The van der Waals surface area contributed by atoms with Gasteiger partial charge in [-0.15, -0.1) is 0 Å². The van der Waals surface area contributed by atoms with Crippen LogP contribution in [-0.2, 0) is 23.3 Å². The maximum Gasteiger partial charge on any atom is 0.223 e. The number of nitrogens with zero attached hydrogens (tertiary/aromatic N) is 2. The molecule has 1 aliphatic heterocycles. The SMILES string of the molecule is CN=C(NCCCC(=O)N1Cc2ccccc2C1)NCC(C)(C)c1cccc(F)c1. The molecule has 1 heterocycles. The van der Waals surface area contributed by atoms with Crippen LogP contribution < -0.4 is 10.6 Å².